The fraction of sp³-hybridized carbons (Fsp3) is 0.304. The molecule has 29 heavy (non-hydrogen) atoms. The molecule has 0 unspecified atom stereocenters. The predicted octanol–water partition coefficient (Wildman–Crippen LogP) is 4.65. The molecule has 0 saturated heterocycles. The minimum Gasteiger partial charge on any atom is -0.490 e. The number of hydrogen-bond donors (Lipinski definition) is 2. The van der Waals surface area contributed by atoms with Gasteiger partial charge in [0.2, 0.25) is 0 Å². The molecular formula is C23H27IN4O. The summed E-state index contributed by atoms with van der Waals surface area (Å²) in [6.45, 7) is 1.35. The average Bonchev–Trinajstić information content (AvgIpc) is 2.71. The van der Waals surface area contributed by atoms with Gasteiger partial charge in [-0.15, -0.1) is 24.0 Å². The van der Waals surface area contributed by atoms with Crippen LogP contribution < -0.4 is 15.4 Å². The van der Waals surface area contributed by atoms with E-state index in [2.05, 4.69) is 38.8 Å². The molecular weight excluding hydrogens is 475 g/mol. The molecule has 0 amide bonds. The van der Waals surface area contributed by atoms with Gasteiger partial charge in [-0.1, -0.05) is 36.4 Å². The molecule has 1 aliphatic carbocycles. The number of nitrogens with zero attached hydrogens (tertiary/aromatic N) is 2. The van der Waals surface area contributed by atoms with Crippen molar-refractivity contribution < 1.29 is 4.74 Å². The van der Waals surface area contributed by atoms with E-state index in [1.165, 1.54) is 12.0 Å². The van der Waals surface area contributed by atoms with E-state index >= 15 is 0 Å². The first-order chi connectivity index (χ1) is 13.8. The van der Waals surface area contributed by atoms with E-state index < -0.39 is 0 Å². The Bertz CT molecular complexity index is 967. The van der Waals surface area contributed by atoms with Crippen molar-refractivity contribution in [1.82, 2.24) is 15.6 Å². The molecule has 0 spiro atoms. The van der Waals surface area contributed by atoms with Crippen LogP contribution in [0.5, 0.6) is 5.75 Å². The predicted molar refractivity (Wildman–Crippen MR) is 129 cm³/mol. The Morgan fingerprint density at radius 3 is 2.48 bits per heavy atom. The lowest BCUT2D eigenvalue weighted by Crippen LogP contribution is -2.36. The quantitative estimate of drug-likeness (QED) is 0.293. The summed E-state index contributed by atoms with van der Waals surface area (Å²) in [4.78, 5) is 8.78. The van der Waals surface area contributed by atoms with Crippen LogP contribution in [0, 0.1) is 0 Å². The van der Waals surface area contributed by atoms with Crippen LogP contribution in [-0.2, 0) is 13.1 Å². The first kappa shape index (κ1) is 21.4. The Balaban J connectivity index is 0.00000240. The molecule has 1 heterocycles. The lowest BCUT2D eigenvalue weighted by molar-refractivity contribution is 0.119. The molecule has 4 rings (SSSR count). The summed E-state index contributed by atoms with van der Waals surface area (Å²) in [7, 11) is 1.79. The van der Waals surface area contributed by atoms with E-state index in [-0.39, 0.29) is 24.0 Å². The number of pyridine rings is 1. The van der Waals surface area contributed by atoms with Gasteiger partial charge in [0.1, 0.15) is 5.75 Å². The summed E-state index contributed by atoms with van der Waals surface area (Å²) in [5.41, 5.74) is 3.35. The summed E-state index contributed by atoms with van der Waals surface area (Å²) >= 11 is 0. The highest BCUT2D eigenvalue weighted by atomic mass is 127. The van der Waals surface area contributed by atoms with Crippen molar-refractivity contribution in [2.24, 2.45) is 4.99 Å². The molecule has 1 aromatic heterocycles. The number of rotatable bonds is 6. The lowest BCUT2D eigenvalue weighted by Gasteiger charge is -2.27. The van der Waals surface area contributed by atoms with Crippen molar-refractivity contribution in [1.29, 1.82) is 0 Å². The van der Waals surface area contributed by atoms with E-state index in [1.54, 1.807) is 7.05 Å². The number of ether oxygens (including phenoxy) is 1. The smallest absolute Gasteiger partial charge is 0.191 e. The summed E-state index contributed by atoms with van der Waals surface area (Å²) in [5, 5.41) is 7.96. The number of hydrogen-bond acceptors (Lipinski definition) is 3. The Morgan fingerprint density at radius 2 is 1.72 bits per heavy atom. The number of halogens is 1. The second-order valence-electron chi connectivity index (χ2n) is 7.05. The van der Waals surface area contributed by atoms with Gasteiger partial charge in [-0.25, -0.2) is 0 Å². The molecule has 152 valence electrons. The van der Waals surface area contributed by atoms with Crippen LogP contribution >= 0.6 is 24.0 Å². The van der Waals surface area contributed by atoms with E-state index in [4.69, 9.17) is 4.74 Å². The molecule has 1 fully saturated rings. The second kappa shape index (κ2) is 10.4. The molecule has 6 heteroatoms. The van der Waals surface area contributed by atoms with Crippen LogP contribution in [0.1, 0.15) is 30.4 Å². The zero-order valence-corrected chi connectivity index (χ0v) is 18.9. The van der Waals surface area contributed by atoms with Crippen molar-refractivity contribution in [3.05, 3.63) is 71.9 Å². The van der Waals surface area contributed by atoms with E-state index in [1.807, 2.05) is 42.6 Å². The highest BCUT2D eigenvalue weighted by Crippen LogP contribution is 2.27. The summed E-state index contributed by atoms with van der Waals surface area (Å²) in [5.74, 6) is 1.73. The Morgan fingerprint density at radius 1 is 1.00 bits per heavy atom. The first-order valence-electron chi connectivity index (χ1n) is 9.85. The largest absolute Gasteiger partial charge is 0.490 e. The Hall–Kier alpha value is -2.35. The number of guanidine groups is 1. The number of aromatic nitrogens is 1. The fourth-order valence-corrected chi connectivity index (χ4v) is 3.32. The number of nitrogens with one attached hydrogen (secondary N) is 2. The minimum absolute atomic E-state index is 0. The van der Waals surface area contributed by atoms with Gasteiger partial charge < -0.3 is 15.4 Å². The monoisotopic (exact) mass is 502 g/mol. The van der Waals surface area contributed by atoms with Crippen LogP contribution in [0.3, 0.4) is 0 Å². The van der Waals surface area contributed by atoms with E-state index in [0.29, 0.717) is 19.2 Å². The van der Waals surface area contributed by atoms with Gasteiger partial charge >= 0.3 is 0 Å². The molecule has 5 nitrogen and oxygen atoms in total. The van der Waals surface area contributed by atoms with E-state index in [0.717, 1.165) is 41.0 Å². The van der Waals surface area contributed by atoms with Gasteiger partial charge in [0, 0.05) is 37.3 Å². The van der Waals surface area contributed by atoms with Crippen LogP contribution in [0.4, 0.5) is 0 Å². The maximum Gasteiger partial charge on any atom is 0.191 e. The summed E-state index contributed by atoms with van der Waals surface area (Å²) in [6, 6.07) is 18.5. The Labute approximate surface area is 189 Å². The standard InChI is InChI=1S/C23H26N4O.HI/c1-24-23(26-15-17-13-14-25-21-11-4-3-10-20(17)21)27-16-18-7-2-5-12-22(18)28-19-8-6-9-19;/h2-5,7,10-14,19H,6,8-9,15-16H2,1H3,(H2,24,26,27);1H. The topological polar surface area (TPSA) is 58.5 Å². The highest BCUT2D eigenvalue weighted by Gasteiger charge is 2.20. The van der Waals surface area contributed by atoms with Gasteiger partial charge in [0.15, 0.2) is 5.96 Å². The van der Waals surface area contributed by atoms with E-state index in [9.17, 15) is 0 Å². The Kier molecular flexibility index (Phi) is 7.69. The molecule has 2 aromatic carbocycles. The number of fused-ring (bicyclic) bond motifs is 1. The van der Waals surface area contributed by atoms with Crippen molar-refractivity contribution >= 4 is 40.8 Å². The van der Waals surface area contributed by atoms with Gasteiger partial charge in [-0.2, -0.15) is 0 Å². The lowest BCUT2D eigenvalue weighted by atomic mass is 9.96. The van der Waals surface area contributed by atoms with Crippen molar-refractivity contribution in [2.45, 2.75) is 38.5 Å². The van der Waals surface area contributed by atoms with Crippen LogP contribution in [0.2, 0.25) is 0 Å². The molecule has 0 atom stereocenters. The van der Waals surface area contributed by atoms with Crippen LogP contribution in [0.25, 0.3) is 10.9 Å². The maximum absolute atomic E-state index is 6.12. The first-order valence-corrected chi connectivity index (χ1v) is 9.85. The van der Waals surface area contributed by atoms with Crippen molar-refractivity contribution in [3.8, 4) is 5.75 Å². The third-order valence-corrected chi connectivity index (χ3v) is 5.17. The number of para-hydroxylation sites is 2. The second-order valence-corrected chi connectivity index (χ2v) is 7.05. The molecule has 1 saturated carbocycles. The zero-order chi connectivity index (χ0) is 19.2. The number of benzene rings is 2. The normalized spacial score (nSPS) is 14.0. The van der Waals surface area contributed by atoms with Gasteiger partial charge in [0.25, 0.3) is 0 Å². The highest BCUT2D eigenvalue weighted by molar-refractivity contribution is 14.0. The van der Waals surface area contributed by atoms with Gasteiger partial charge in [-0.3, -0.25) is 9.98 Å². The zero-order valence-electron chi connectivity index (χ0n) is 16.6. The third kappa shape index (κ3) is 5.38. The minimum atomic E-state index is 0. The van der Waals surface area contributed by atoms with Gasteiger partial charge in [0.05, 0.1) is 11.6 Å². The van der Waals surface area contributed by atoms with Crippen molar-refractivity contribution in [3.63, 3.8) is 0 Å². The SMILES string of the molecule is CN=C(NCc1ccccc1OC1CCC1)NCc1ccnc2ccccc12.I. The number of aliphatic imine (C=N–C) groups is 1. The van der Waals surface area contributed by atoms with Crippen LogP contribution in [-0.4, -0.2) is 24.1 Å². The van der Waals surface area contributed by atoms with Gasteiger partial charge in [-0.05, 0) is 43.0 Å². The maximum atomic E-state index is 6.12. The molecule has 0 radical (unpaired) electrons. The fourth-order valence-electron chi connectivity index (χ4n) is 3.32. The third-order valence-electron chi connectivity index (χ3n) is 5.17. The molecule has 1 aliphatic rings. The van der Waals surface area contributed by atoms with Crippen LogP contribution in [0.15, 0.2) is 65.8 Å². The molecule has 0 bridgehead atoms. The molecule has 2 N–H and O–H groups in total. The average molecular weight is 502 g/mol. The van der Waals surface area contributed by atoms with Crippen molar-refractivity contribution in [2.75, 3.05) is 7.05 Å². The molecule has 3 aromatic rings. The molecule has 0 aliphatic heterocycles. The summed E-state index contributed by atoms with van der Waals surface area (Å²) in [6.07, 6.45) is 5.81. The summed E-state index contributed by atoms with van der Waals surface area (Å²) < 4.78 is 6.12.